The highest BCUT2D eigenvalue weighted by molar-refractivity contribution is 9.10. The lowest BCUT2D eigenvalue weighted by Gasteiger charge is -2.17. The standard InChI is InChI=1S/C14H21BrN2O/c1-3-4-5-12(9-16)17-14(18)13-8-11(15)7-6-10(13)2/h6-8,12H,3-5,9,16H2,1-2H3,(H,17,18). The predicted molar refractivity (Wildman–Crippen MR) is 78.7 cm³/mol. The summed E-state index contributed by atoms with van der Waals surface area (Å²) in [6.07, 6.45) is 3.13. The summed E-state index contributed by atoms with van der Waals surface area (Å²) in [5.74, 6) is -0.0413. The van der Waals surface area contributed by atoms with E-state index in [0.29, 0.717) is 12.1 Å². The van der Waals surface area contributed by atoms with Crippen LogP contribution in [0, 0.1) is 6.92 Å². The second-order valence-corrected chi connectivity index (χ2v) is 5.42. The Morgan fingerprint density at radius 1 is 1.50 bits per heavy atom. The minimum absolute atomic E-state index is 0.0413. The van der Waals surface area contributed by atoms with Crippen molar-refractivity contribution in [2.75, 3.05) is 6.54 Å². The van der Waals surface area contributed by atoms with Crippen LogP contribution in [0.25, 0.3) is 0 Å². The van der Waals surface area contributed by atoms with Crippen molar-refractivity contribution in [3.8, 4) is 0 Å². The first kappa shape index (κ1) is 15.2. The molecule has 0 saturated heterocycles. The van der Waals surface area contributed by atoms with Crippen molar-refractivity contribution >= 4 is 21.8 Å². The Bertz CT molecular complexity index is 407. The Morgan fingerprint density at radius 2 is 2.22 bits per heavy atom. The molecule has 0 radical (unpaired) electrons. The van der Waals surface area contributed by atoms with Crippen LogP contribution in [0.15, 0.2) is 22.7 Å². The van der Waals surface area contributed by atoms with E-state index in [2.05, 4.69) is 28.2 Å². The van der Waals surface area contributed by atoms with Crippen LogP contribution in [0.2, 0.25) is 0 Å². The van der Waals surface area contributed by atoms with E-state index in [9.17, 15) is 4.79 Å². The van der Waals surface area contributed by atoms with Gasteiger partial charge in [-0.25, -0.2) is 0 Å². The molecule has 1 unspecified atom stereocenters. The number of nitrogens with one attached hydrogen (secondary N) is 1. The van der Waals surface area contributed by atoms with Crippen LogP contribution in [0.5, 0.6) is 0 Å². The van der Waals surface area contributed by atoms with Gasteiger partial charge >= 0.3 is 0 Å². The van der Waals surface area contributed by atoms with Gasteiger partial charge < -0.3 is 11.1 Å². The van der Waals surface area contributed by atoms with Gasteiger partial charge in [-0.3, -0.25) is 4.79 Å². The van der Waals surface area contributed by atoms with Gasteiger partial charge in [0.2, 0.25) is 0 Å². The van der Waals surface area contributed by atoms with Crippen molar-refractivity contribution in [2.24, 2.45) is 5.73 Å². The highest BCUT2D eigenvalue weighted by atomic mass is 79.9. The molecular formula is C14H21BrN2O. The first-order chi connectivity index (χ1) is 8.58. The van der Waals surface area contributed by atoms with Crippen molar-refractivity contribution in [1.82, 2.24) is 5.32 Å². The summed E-state index contributed by atoms with van der Waals surface area (Å²) in [6, 6.07) is 5.78. The van der Waals surface area contributed by atoms with E-state index < -0.39 is 0 Å². The Balaban J connectivity index is 2.71. The van der Waals surface area contributed by atoms with Gasteiger partial charge in [0.15, 0.2) is 0 Å². The molecule has 1 aromatic rings. The number of hydrogen-bond acceptors (Lipinski definition) is 2. The van der Waals surface area contributed by atoms with Crippen LogP contribution in [-0.4, -0.2) is 18.5 Å². The van der Waals surface area contributed by atoms with Gasteiger partial charge in [-0.15, -0.1) is 0 Å². The number of benzene rings is 1. The van der Waals surface area contributed by atoms with Crippen molar-refractivity contribution in [3.05, 3.63) is 33.8 Å². The summed E-state index contributed by atoms with van der Waals surface area (Å²) in [6.45, 7) is 4.55. The van der Waals surface area contributed by atoms with Gasteiger partial charge in [-0.1, -0.05) is 41.8 Å². The molecule has 0 spiro atoms. The van der Waals surface area contributed by atoms with Crippen LogP contribution >= 0.6 is 15.9 Å². The van der Waals surface area contributed by atoms with E-state index in [-0.39, 0.29) is 11.9 Å². The van der Waals surface area contributed by atoms with Gasteiger partial charge in [0.05, 0.1) is 0 Å². The van der Waals surface area contributed by atoms with Crippen molar-refractivity contribution in [1.29, 1.82) is 0 Å². The van der Waals surface area contributed by atoms with Crippen LogP contribution in [0.4, 0.5) is 0 Å². The number of rotatable bonds is 6. The first-order valence-corrected chi connectivity index (χ1v) is 7.14. The maximum absolute atomic E-state index is 12.2. The largest absolute Gasteiger partial charge is 0.348 e. The quantitative estimate of drug-likeness (QED) is 0.848. The highest BCUT2D eigenvalue weighted by Crippen LogP contribution is 2.16. The molecule has 1 aromatic carbocycles. The summed E-state index contributed by atoms with van der Waals surface area (Å²) >= 11 is 3.39. The number of carbonyl (C=O) groups is 1. The third kappa shape index (κ3) is 4.42. The Labute approximate surface area is 117 Å². The van der Waals surface area contributed by atoms with E-state index in [1.165, 1.54) is 0 Å². The van der Waals surface area contributed by atoms with Crippen LogP contribution in [-0.2, 0) is 0 Å². The van der Waals surface area contributed by atoms with E-state index in [1.54, 1.807) is 0 Å². The lowest BCUT2D eigenvalue weighted by molar-refractivity contribution is 0.0935. The third-order valence-electron chi connectivity index (χ3n) is 2.97. The monoisotopic (exact) mass is 312 g/mol. The lowest BCUT2D eigenvalue weighted by Crippen LogP contribution is -2.40. The molecule has 1 amide bonds. The first-order valence-electron chi connectivity index (χ1n) is 6.35. The maximum Gasteiger partial charge on any atom is 0.251 e. The van der Waals surface area contributed by atoms with Gasteiger partial charge in [0, 0.05) is 22.6 Å². The normalized spacial score (nSPS) is 12.2. The summed E-state index contributed by atoms with van der Waals surface area (Å²) < 4.78 is 0.913. The fraction of sp³-hybridized carbons (Fsp3) is 0.500. The Hall–Kier alpha value is -0.870. The topological polar surface area (TPSA) is 55.1 Å². The number of hydrogen-bond donors (Lipinski definition) is 2. The molecule has 0 heterocycles. The number of unbranched alkanes of at least 4 members (excludes halogenated alkanes) is 1. The maximum atomic E-state index is 12.2. The lowest BCUT2D eigenvalue weighted by atomic mass is 10.1. The molecule has 1 rings (SSSR count). The van der Waals surface area contributed by atoms with Crippen LogP contribution < -0.4 is 11.1 Å². The second kappa shape index (κ2) is 7.54. The van der Waals surface area contributed by atoms with E-state index >= 15 is 0 Å². The van der Waals surface area contributed by atoms with Crippen LogP contribution in [0.3, 0.4) is 0 Å². The summed E-state index contributed by atoms with van der Waals surface area (Å²) in [5.41, 5.74) is 7.37. The summed E-state index contributed by atoms with van der Waals surface area (Å²) in [7, 11) is 0. The SMILES string of the molecule is CCCCC(CN)NC(=O)c1cc(Br)ccc1C. The Kier molecular flexibility index (Phi) is 6.36. The highest BCUT2D eigenvalue weighted by Gasteiger charge is 2.14. The predicted octanol–water partition coefficient (Wildman–Crippen LogP) is 3.00. The molecule has 0 aromatic heterocycles. The molecule has 0 saturated carbocycles. The summed E-state index contributed by atoms with van der Waals surface area (Å²) in [4.78, 5) is 12.2. The zero-order valence-corrected chi connectivity index (χ0v) is 12.6. The molecule has 0 aliphatic carbocycles. The average molecular weight is 313 g/mol. The zero-order chi connectivity index (χ0) is 13.5. The molecule has 0 bridgehead atoms. The number of aryl methyl sites for hydroxylation is 1. The summed E-state index contributed by atoms with van der Waals surface area (Å²) in [5, 5.41) is 3.00. The van der Waals surface area contributed by atoms with Gasteiger partial charge in [-0.05, 0) is 31.0 Å². The molecule has 1 atom stereocenters. The molecular weight excluding hydrogens is 292 g/mol. The fourth-order valence-electron chi connectivity index (χ4n) is 1.80. The van der Waals surface area contributed by atoms with E-state index in [0.717, 1.165) is 29.3 Å². The fourth-order valence-corrected chi connectivity index (χ4v) is 2.16. The van der Waals surface area contributed by atoms with Gasteiger partial charge in [-0.2, -0.15) is 0 Å². The number of amides is 1. The molecule has 3 nitrogen and oxygen atoms in total. The molecule has 0 aliphatic rings. The molecule has 3 N–H and O–H groups in total. The van der Waals surface area contributed by atoms with Crippen molar-refractivity contribution < 1.29 is 4.79 Å². The molecule has 100 valence electrons. The smallest absolute Gasteiger partial charge is 0.251 e. The minimum atomic E-state index is -0.0413. The molecule has 0 aliphatic heterocycles. The molecule has 0 fully saturated rings. The van der Waals surface area contributed by atoms with Gasteiger partial charge in [0.25, 0.3) is 5.91 Å². The average Bonchev–Trinajstić information content (AvgIpc) is 2.37. The Morgan fingerprint density at radius 3 is 2.83 bits per heavy atom. The van der Waals surface area contributed by atoms with Gasteiger partial charge in [0.1, 0.15) is 0 Å². The van der Waals surface area contributed by atoms with Crippen molar-refractivity contribution in [3.63, 3.8) is 0 Å². The van der Waals surface area contributed by atoms with E-state index in [4.69, 9.17) is 5.73 Å². The molecule has 4 heteroatoms. The molecule has 18 heavy (non-hydrogen) atoms. The zero-order valence-electron chi connectivity index (χ0n) is 11.0. The van der Waals surface area contributed by atoms with E-state index in [1.807, 2.05) is 25.1 Å². The second-order valence-electron chi connectivity index (χ2n) is 4.51. The van der Waals surface area contributed by atoms with Crippen LogP contribution in [0.1, 0.15) is 42.1 Å². The number of halogens is 1. The third-order valence-corrected chi connectivity index (χ3v) is 3.46. The number of nitrogens with two attached hydrogens (primary N) is 1. The van der Waals surface area contributed by atoms with Crippen molar-refractivity contribution in [2.45, 2.75) is 39.2 Å². The minimum Gasteiger partial charge on any atom is -0.348 e. The number of carbonyl (C=O) groups excluding carboxylic acids is 1.